The SMILES string of the molecule is CC(C)C(=O)OCn1c(-c2ccc(F)c(C(F)(F)F)c2F)csc1=NC=Cc1csc2c1c(=O)n(C)c(=O)n2C. The fraction of sp³-hybridized carbons (Fsp3) is 0.280. The van der Waals surface area contributed by atoms with E-state index in [0.29, 0.717) is 21.8 Å². The fourth-order valence-electron chi connectivity index (χ4n) is 3.77. The number of carbonyl (C=O) groups excluding carboxylic acids is 1. The molecule has 0 radical (unpaired) electrons. The van der Waals surface area contributed by atoms with Crippen molar-refractivity contribution in [3.05, 3.63) is 77.5 Å². The molecule has 0 aliphatic rings. The van der Waals surface area contributed by atoms with Gasteiger partial charge in [-0.25, -0.2) is 18.6 Å². The van der Waals surface area contributed by atoms with Crippen molar-refractivity contribution in [2.75, 3.05) is 0 Å². The van der Waals surface area contributed by atoms with Crippen molar-refractivity contribution in [1.82, 2.24) is 13.7 Å². The summed E-state index contributed by atoms with van der Waals surface area (Å²) >= 11 is 2.09. The van der Waals surface area contributed by atoms with Gasteiger partial charge in [-0.2, -0.15) is 13.2 Å². The maximum Gasteiger partial charge on any atom is 0.422 e. The molecule has 0 aliphatic carbocycles. The van der Waals surface area contributed by atoms with Gasteiger partial charge < -0.3 is 4.74 Å². The topological polar surface area (TPSA) is 87.6 Å². The van der Waals surface area contributed by atoms with Gasteiger partial charge >= 0.3 is 17.8 Å². The molecule has 0 unspecified atom stereocenters. The number of alkyl halides is 3. The predicted octanol–water partition coefficient (Wildman–Crippen LogP) is 4.85. The van der Waals surface area contributed by atoms with E-state index in [-0.39, 0.29) is 10.5 Å². The van der Waals surface area contributed by atoms with Crippen LogP contribution in [0.4, 0.5) is 22.0 Å². The Morgan fingerprint density at radius 1 is 1.10 bits per heavy atom. The van der Waals surface area contributed by atoms with E-state index in [1.807, 2.05) is 0 Å². The summed E-state index contributed by atoms with van der Waals surface area (Å²) in [6.07, 6.45) is -2.48. The monoisotopic (exact) mass is 600 g/mol. The van der Waals surface area contributed by atoms with E-state index in [1.165, 1.54) is 52.2 Å². The number of halogens is 5. The van der Waals surface area contributed by atoms with Crippen molar-refractivity contribution in [3.63, 3.8) is 0 Å². The smallest absolute Gasteiger partial charge is 0.422 e. The summed E-state index contributed by atoms with van der Waals surface area (Å²) < 4.78 is 77.6. The number of aromatic nitrogens is 3. The number of thiazole rings is 1. The number of nitrogens with zero attached hydrogens (tertiary/aromatic N) is 4. The quantitative estimate of drug-likeness (QED) is 0.234. The standard InChI is InChI=1S/C25H21F5N4O4S2/c1-12(2)22(36)38-11-34-16(14-5-6-15(26)18(19(14)27)25(28,29)30)10-40-23(34)31-8-7-13-9-39-21-17(13)20(35)32(3)24(37)33(21)4/h5-10,12H,11H2,1-4H3. The van der Waals surface area contributed by atoms with Crippen LogP contribution in [0.25, 0.3) is 27.6 Å². The molecule has 8 nitrogen and oxygen atoms in total. The lowest BCUT2D eigenvalue weighted by molar-refractivity contribution is -0.151. The van der Waals surface area contributed by atoms with Gasteiger partial charge in [0.1, 0.15) is 22.0 Å². The Bertz CT molecular complexity index is 1840. The molecule has 40 heavy (non-hydrogen) atoms. The Balaban J connectivity index is 1.84. The Kier molecular flexibility index (Phi) is 7.99. The van der Waals surface area contributed by atoms with Crippen molar-refractivity contribution >= 4 is 44.9 Å². The molecule has 4 aromatic rings. The molecule has 0 atom stereocenters. The van der Waals surface area contributed by atoms with E-state index in [2.05, 4.69) is 4.99 Å². The number of esters is 1. The van der Waals surface area contributed by atoms with Crippen LogP contribution in [0.15, 0.2) is 43.7 Å². The molecule has 4 rings (SSSR count). The third-order valence-corrected chi connectivity index (χ3v) is 7.84. The number of hydrogen-bond acceptors (Lipinski definition) is 7. The highest BCUT2D eigenvalue weighted by Crippen LogP contribution is 2.37. The number of thiophene rings is 1. The Labute approximate surface area is 230 Å². The summed E-state index contributed by atoms with van der Waals surface area (Å²) in [7, 11) is 2.89. The van der Waals surface area contributed by atoms with Gasteiger partial charge in [0.25, 0.3) is 5.56 Å². The van der Waals surface area contributed by atoms with Crippen LogP contribution in [0.2, 0.25) is 0 Å². The van der Waals surface area contributed by atoms with Crippen molar-refractivity contribution in [2.24, 2.45) is 25.0 Å². The molecule has 3 heterocycles. The van der Waals surface area contributed by atoms with Crippen LogP contribution >= 0.6 is 22.7 Å². The Hall–Kier alpha value is -3.85. The van der Waals surface area contributed by atoms with E-state index < -0.39 is 58.8 Å². The number of carbonyl (C=O) groups is 1. The molecule has 0 spiro atoms. The summed E-state index contributed by atoms with van der Waals surface area (Å²) in [6, 6.07) is 1.37. The van der Waals surface area contributed by atoms with Gasteiger partial charge in [0.15, 0.2) is 11.5 Å². The van der Waals surface area contributed by atoms with Gasteiger partial charge in [0.05, 0.1) is 17.0 Å². The predicted molar refractivity (Wildman–Crippen MR) is 140 cm³/mol. The minimum atomic E-state index is -5.28. The molecular formula is C25H21F5N4O4S2. The second-order valence-electron chi connectivity index (χ2n) is 8.88. The first-order valence-electron chi connectivity index (χ1n) is 11.5. The van der Waals surface area contributed by atoms with Crippen molar-refractivity contribution in [3.8, 4) is 11.3 Å². The molecule has 3 aromatic heterocycles. The highest BCUT2D eigenvalue weighted by molar-refractivity contribution is 7.17. The minimum Gasteiger partial charge on any atom is -0.444 e. The molecule has 0 saturated heterocycles. The third-order valence-electron chi connectivity index (χ3n) is 5.89. The number of rotatable bonds is 6. The van der Waals surface area contributed by atoms with E-state index in [0.717, 1.165) is 22.0 Å². The van der Waals surface area contributed by atoms with Crippen LogP contribution in [-0.2, 0) is 36.5 Å². The zero-order valence-electron chi connectivity index (χ0n) is 21.4. The van der Waals surface area contributed by atoms with Gasteiger partial charge in [-0.3, -0.25) is 23.3 Å². The maximum absolute atomic E-state index is 15.0. The average molecular weight is 601 g/mol. The van der Waals surface area contributed by atoms with Crippen LogP contribution in [0.1, 0.15) is 25.0 Å². The van der Waals surface area contributed by atoms with E-state index in [1.54, 1.807) is 19.2 Å². The average Bonchev–Trinajstić information content (AvgIpc) is 3.48. The minimum absolute atomic E-state index is 0.111. The van der Waals surface area contributed by atoms with Crippen molar-refractivity contribution < 1.29 is 31.5 Å². The summed E-state index contributed by atoms with van der Waals surface area (Å²) in [4.78, 5) is 41.8. The van der Waals surface area contributed by atoms with Crippen LogP contribution in [0.3, 0.4) is 0 Å². The zero-order chi connectivity index (χ0) is 29.5. The van der Waals surface area contributed by atoms with Crippen LogP contribution in [0.5, 0.6) is 0 Å². The first kappa shape index (κ1) is 29.1. The number of aryl methyl sites for hydroxylation is 1. The normalized spacial score (nSPS) is 12.8. The van der Waals surface area contributed by atoms with Gasteiger partial charge in [0, 0.05) is 42.2 Å². The number of benzene rings is 1. The first-order chi connectivity index (χ1) is 18.7. The highest BCUT2D eigenvalue weighted by atomic mass is 32.1. The number of hydrogen-bond donors (Lipinski definition) is 0. The summed E-state index contributed by atoms with van der Waals surface area (Å²) in [6.45, 7) is 2.65. The van der Waals surface area contributed by atoms with Gasteiger partial charge in [-0.15, -0.1) is 22.7 Å². The molecule has 212 valence electrons. The second-order valence-corrected chi connectivity index (χ2v) is 10.6. The first-order valence-corrected chi connectivity index (χ1v) is 13.3. The molecule has 15 heteroatoms. The summed E-state index contributed by atoms with van der Waals surface area (Å²) in [5.41, 5.74) is -3.25. The van der Waals surface area contributed by atoms with Gasteiger partial charge in [0.2, 0.25) is 0 Å². The number of fused-ring (bicyclic) bond motifs is 1. The second kappa shape index (κ2) is 11.0. The zero-order valence-corrected chi connectivity index (χ0v) is 23.0. The molecular weight excluding hydrogens is 579 g/mol. The summed E-state index contributed by atoms with van der Waals surface area (Å²) in [5, 5.41) is 3.25. The molecule has 0 saturated carbocycles. The molecule has 0 fully saturated rings. The van der Waals surface area contributed by atoms with E-state index in [9.17, 15) is 36.3 Å². The van der Waals surface area contributed by atoms with Crippen molar-refractivity contribution in [2.45, 2.75) is 26.8 Å². The Morgan fingerprint density at radius 3 is 2.45 bits per heavy atom. The molecule has 1 aromatic carbocycles. The maximum atomic E-state index is 15.0. The lowest BCUT2D eigenvalue weighted by Gasteiger charge is -2.15. The van der Waals surface area contributed by atoms with Crippen molar-refractivity contribution in [1.29, 1.82) is 0 Å². The van der Waals surface area contributed by atoms with Crippen LogP contribution in [0, 0.1) is 17.6 Å². The Morgan fingerprint density at radius 2 is 1.80 bits per heavy atom. The van der Waals surface area contributed by atoms with Gasteiger partial charge in [-0.1, -0.05) is 13.8 Å². The lowest BCUT2D eigenvalue weighted by atomic mass is 10.1. The third kappa shape index (κ3) is 5.30. The molecule has 0 N–H and O–H groups in total. The largest absolute Gasteiger partial charge is 0.444 e. The van der Waals surface area contributed by atoms with Crippen LogP contribution in [-0.4, -0.2) is 19.7 Å². The fourth-order valence-corrected chi connectivity index (χ4v) is 5.64. The lowest BCUT2D eigenvalue weighted by Crippen LogP contribution is -2.36. The van der Waals surface area contributed by atoms with Crippen LogP contribution < -0.4 is 16.1 Å². The van der Waals surface area contributed by atoms with E-state index in [4.69, 9.17) is 4.74 Å². The highest BCUT2D eigenvalue weighted by Gasteiger charge is 2.39. The molecule has 0 bridgehead atoms. The summed E-state index contributed by atoms with van der Waals surface area (Å²) in [5.74, 6) is -4.72. The molecule has 0 aliphatic heterocycles. The van der Waals surface area contributed by atoms with E-state index >= 15 is 0 Å². The number of ether oxygens (including phenoxy) is 1. The van der Waals surface area contributed by atoms with Gasteiger partial charge in [-0.05, 0) is 18.2 Å². The molecule has 0 amide bonds.